The fourth-order valence-electron chi connectivity index (χ4n) is 4.02. The zero-order valence-corrected chi connectivity index (χ0v) is 23.9. The SMILES string of the molecule is CC(C)CC#Cc1ccc2c(c1)O[C@H](CN(C)S(=O)(=O)c1ccc(F)cc1)[C@@H](C)CN([C@@H](C)CO)S2(=O)=O. The second kappa shape index (κ2) is 12.1. The van der Waals surface area contributed by atoms with Gasteiger partial charge in [0, 0.05) is 37.5 Å². The molecule has 0 aliphatic carbocycles. The Morgan fingerprint density at radius 1 is 1.18 bits per heavy atom. The molecule has 0 spiro atoms. The van der Waals surface area contributed by atoms with Crippen LogP contribution in [-0.4, -0.2) is 69.4 Å². The topological polar surface area (TPSA) is 104 Å². The first kappa shape index (κ1) is 30.1. The van der Waals surface area contributed by atoms with E-state index in [1.807, 2.05) is 13.8 Å². The largest absolute Gasteiger partial charge is 0.487 e. The lowest BCUT2D eigenvalue weighted by atomic mass is 10.0. The monoisotopic (exact) mass is 566 g/mol. The van der Waals surface area contributed by atoms with Gasteiger partial charge in [-0.1, -0.05) is 32.6 Å². The standard InChI is InChI=1S/C27H35FN2O6S2/c1-19(2)7-6-8-22-9-14-27-25(15-22)36-26(20(3)16-30(21(4)18-31)38(27,34)35)17-29(5)37(32,33)24-12-10-23(28)11-13-24/h9-15,19-21,26,31H,7,16-18H2,1-5H3/t20-,21-,26+/m0/s1. The Hall–Kier alpha value is -2.49. The highest BCUT2D eigenvalue weighted by Crippen LogP contribution is 2.34. The molecule has 1 heterocycles. The summed E-state index contributed by atoms with van der Waals surface area (Å²) in [6.07, 6.45) is -0.0688. The molecule has 1 aliphatic rings. The van der Waals surface area contributed by atoms with Gasteiger partial charge >= 0.3 is 0 Å². The molecule has 1 aliphatic heterocycles. The van der Waals surface area contributed by atoms with Gasteiger partial charge in [0.2, 0.25) is 20.0 Å². The third-order valence-corrected chi connectivity index (χ3v) is 10.2. The van der Waals surface area contributed by atoms with Crippen molar-refractivity contribution in [1.82, 2.24) is 8.61 Å². The number of hydrogen-bond acceptors (Lipinski definition) is 6. The van der Waals surface area contributed by atoms with Crippen LogP contribution < -0.4 is 4.74 Å². The Labute approximate surface area is 225 Å². The molecule has 11 heteroatoms. The molecule has 3 atom stereocenters. The maximum absolute atomic E-state index is 13.6. The Kier molecular flexibility index (Phi) is 9.60. The van der Waals surface area contributed by atoms with Crippen LogP contribution in [-0.2, 0) is 20.0 Å². The minimum Gasteiger partial charge on any atom is -0.487 e. The summed E-state index contributed by atoms with van der Waals surface area (Å²) >= 11 is 0. The first-order chi connectivity index (χ1) is 17.8. The quantitative estimate of drug-likeness (QED) is 0.516. The summed E-state index contributed by atoms with van der Waals surface area (Å²) in [6, 6.07) is 8.44. The van der Waals surface area contributed by atoms with Crippen LogP contribution in [0.4, 0.5) is 4.39 Å². The van der Waals surface area contributed by atoms with E-state index in [-0.39, 0.29) is 35.2 Å². The second-order valence-electron chi connectivity index (χ2n) is 10.0. The summed E-state index contributed by atoms with van der Waals surface area (Å²) in [6.45, 7) is 7.00. The number of halogens is 1. The number of fused-ring (bicyclic) bond motifs is 1. The smallest absolute Gasteiger partial charge is 0.247 e. The zero-order chi connectivity index (χ0) is 28.3. The molecule has 0 unspecified atom stereocenters. The van der Waals surface area contributed by atoms with Gasteiger partial charge in [-0.15, -0.1) is 0 Å². The van der Waals surface area contributed by atoms with Gasteiger partial charge in [0.1, 0.15) is 22.6 Å². The number of aliphatic hydroxyl groups excluding tert-OH is 1. The van der Waals surface area contributed by atoms with E-state index >= 15 is 0 Å². The number of sulfonamides is 2. The summed E-state index contributed by atoms with van der Waals surface area (Å²) in [5.41, 5.74) is 0.570. The lowest BCUT2D eigenvalue weighted by Gasteiger charge is -2.37. The number of ether oxygens (including phenoxy) is 1. The highest BCUT2D eigenvalue weighted by atomic mass is 32.2. The molecule has 0 saturated heterocycles. The Balaban J connectivity index is 2.04. The maximum Gasteiger partial charge on any atom is 0.247 e. The fraction of sp³-hybridized carbons (Fsp3) is 0.481. The molecular formula is C27H35FN2O6S2. The number of aliphatic hydroxyl groups is 1. The minimum absolute atomic E-state index is 0.00848. The predicted octanol–water partition coefficient (Wildman–Crippen LogP) is 3.31. The van der Waals surface area contributed by atoms with E-state index in [1.165, 1.54) is 29.6 Å². The first-order valence-corrected chi connectivity index (χ1v) is 15.3. The van der Waals surface area contributed by atoms with Crippen LogP contribution in [0.15, 0.2) is 52.3 Å². The predicted molar refractivity (Wildman–Crippen MR) is 143 cm³/mol. The molecule has 2 aromatic rings. The van der Waals surface area contributed by atoms with Crippen molar-refractivity contribution in [2.45, 2.75) is 56.1 Å². The highest BCUT2D eigenvalue weighted by Gasteiger charge is 2.39. The molecule has 0 saturated carbocycles. The van der Waals surface area contributed by atoms with E-state index in [4.69, 9.17) is 4.74 Å². The first-order valence-electron chi connectivity index (χ1n) is 12.4. The number of likely N-dealkylation sites (N-methyl/N-ethyl adjacent to an activating group) is 1. The second-order valence-corrected chi connectivity index (χ2v) is 13.9. The van der Waals surface area contributed by atoms with Crippen LogP contribution in [0.5, 0.6) is 5.75 Å². The van der Waals surface area contributed by atoms with Crippen LogP contribution in [0.3, 0.4) is 0 Å². The van der Waals surface area contributed by atoms with E-state index in [2.05, 4.69) is 11.8 Å². The highest BCUT2D eigenvalue weighted by molar-refractivity contribution is 7.89. The molecule has 38 heavy (non-hydrogen) atoms. The normalized spacial score (nSPS) is 20.6. The van der Waals surface area contributed by atoms with Crippen LogP contribution >= 0.6 is 0 Å². The lowest BCUT2D eigenvalue weighted by Crippen LogP contribution is -2.50. The summed E-state index contributed by atoms with van der Waals surface area (Å²) in [7, 11) is -6.61. The molecule has 0 bridgehead atoms. The van der Waals surface area contributed by atoms with E-state index in [0.29, 0.717) is 17.9 Å². The molecule has 1 N–H and O–H groups in total. The average Bonchev–Trinajstić information content (AvgIpc) is 2.85. The summed E-state index contributed by atoms with van der Waals surface area (Å²) in [4.78, 5) is -0.144. The van der Waals surface area contributed by atoms with Crippen molar-refractivity contribution in [2.75, 3.05) is 26.7 Å². The summed E-state index contributed by atoms with van der Waals surface area (Å²) in [5, 5.41) is 9.80. The van der Waals surface area contributed by atoms with Crippen LogP contribution in [0, 0.1) is 29.5 Å². The van der Waals surface area contributed by atoms with E-state index in [0.717, 1.165) is 16.4 Å². The van der Waals surface area contributed by atoms with Gasteiger partial charge < -0.3 is 9.84 Å². The molecule has 8 nitrogen and oxygen atoms in total. The molecule has 208 valence electrons. The van der Waals surface area contributed by atoms with Crippen molar-refractivity contribution < 1.29 is 31.1 Å². The number of rotatable bonds is 7. The van der Waals surface area contributed by atoms with Gasteiger partial charge in [-0.2, -0.15) is 8.61 Å². The average molecular weight is 567 g/mol. The molecule has 3 rings (SSSR count). The third-order valence-electron chi connectivity index (χ3n) is 6.37. The van der Waals surface area contributed by atoms with Crippen LogP contribution in [0.2, 0.25) is 0 Å². The Morgan fingerprint density at radius 3 is 2.45 bits per heavy atom. The van der Waals surface area contributed by atoms with E-state index in [1.54, 1.807) is 26.0 Å². The van der Waals surface area contributed by atoms with Gasteiger partial charge in [-0.3, -0.25) is 0 Å². The van der Waals surface area contributed by atoms with Crippen molar-refractivity contribution in [1.29, 1.82) is 0 Å². The van der Waals surface area contributed by atoms with Gasteiger partial charge in [0.05, 0.1) is 18.0 Å². The molecule has 0 radical (unpaired) electrons. The van der Waals surface area contributed by atoms with Crippen molar-refractivity contribution >= 4 is 20.0 Å². The van der Waals surface area contributed by atoms with Crippen LogP contribution in [0.1, 0.15) is 39.7 Å². The summed E-state index contributed by atoms with van der Waals surface area (Å²) in [5.74, 6) is 5.56. The van der Waals surface area contributed by atoms with Gasteiger partial charge in [-0.05, 0) is 55.3 Å². The van der Waals surface area contributed by atoms with Crippen LogP contribution in [0.25, 0.3) is 0 Å². The number of nitrogens with zero attached hydrogens (tertiary/aromatic N) is 2. The Morgan fingerprint density at radius 2 is 1.84 bits per heavy atom. The van der Waals surface area contributed by atoms with Crippen molar-refractivity contribution in [2.24, 2.45) is 11.8 Å². The van der Waals surface area contributed by atoms with Gasteiger partial charge in [-0.25, -0.2) is 21.2 Å². The molecule has 0 fully saturated rings. The maximum atomic E-state index is 13.6. The van der Waals surface area contributed by atoms with E-state index in [9.17, 15) is 26.3 Å². The number of benzene rings is 2. The minimum atomic E-state index is -4.03. The molecular weight excluding hydrogens is 531 g/mol. The molecule has 2 aromatic carbocycles. The van der Waals surface area contributed by atoms with Crippen molar-refractivity contribution in [3.8, 4) is 17.6 Å². The zero-order valence-electron chi connectivity index (χ0n) is 22.3. The van der Waals surface area contributed by atoms with Crippen molar-refractivity contribution in [3.63, 3.8) is 0 Å². The van der Waals surface area contributed by atoms with Gasteiger partial charge in [0.15, 0.2) is 0 Å². The number of hydrogen-bond donors (Lipinski definition) is 1. The molecule has 0 amide bonds. The van der Waals surface area contributed by atoms with E-state index < -0.39 is 43.9 Å². The van der Waals surface area contributed by atoms with Gasteiger partial charge in [0.25, 0.3) is 0 Å². The lowest BCUT2D eigenvalue weighted by molar-refractivity contribution is 0.0904. The van der Waals surface area contributed by atoms with Crippen molar-refractivity contribution in [3.05, 3.63) is 53.8 Å². The molecule has 0 aromatic heterocycles. The fourth-order valence-corrected chi connectivity index (χ4v) is 7.03. The third kappa shape index (κ3) is 6.74. The summed E-state index contributed by atoms with van der Waals surface area (Å²) < 4.78 is 75.5. The Bertz CT molecular complexity index is 1400.